The molecule has 1 heterocycles. The van der Waals surface area contributed by atoms with Gasteiger partial charge in [-0.3, -0.25) is 0 Å². The van der Waals surface area contributed by atoms with E-state index in [0.717, 1.165) is 16.0 Å². The Bertz CT molecular complexity index is 1220. The van der Waals surface area contributed by atoms with Gasteiger partial charge in [0.05, 0.1) is 10.5 Å². The zero-order chi connectivity index (χ0) is 21.6. The van der Waals surface area contributed by atoms with E-state index in [1.165, 1.54) is 36.4 Å². The van der Waals surface area contributed by atoms with E-state index in [1.807, 2.05) is 16.5 Å². The average molecular weight is 436 g/mol. The Morgan fingerprint density at radius 3 is 2.34 bits per heavy atom. The molecule has 3 rings (SSSR count). The summed E-state index contributed by atoms with van der Waals surface area (Å²) < 4.78 is 63.2. The summed E-state index contributed by atoms with van der Waals surface area (Å²) in [6, 6.07) is 10.7. The number of carboxylic acids is 1. The molecule has 6 nitrogen and oxygen atoms in total. The lowest BCUT2D eigenvalue weighted by molar-refractivity contribution is -0.141. The molecular formula is C18H12AlF3N2O4S. The highest BCUT2D eigenvalue weighted by molar-refractivity contribution is 7.90. The molecule has 0 saturated carbocycles. The largest absolute Gasteiger partial charge is 0.478 e. The second kappa shape index (κ2) is 7.33. The Labute approximate surface area is 172 Å². The molecule has 0 saturated heterocycles. The van der Waals surface area contributed by atoms with Gasteiger partial charge >= 0.3 is 28.7 Å². The first kappa shape index (κ1) is 21.1. The molecule has 0 amide bonds. The molecule has 0 fully saturated rings. The quantitative estimate of drug-likeness (QED) is 0.635. The van der Waals surface area contributed by atoms with E-state index in [9.17, 15) is 31.5 Å². The molecular weight excluding hydrogens is 424 g/mol. The van der Waals surface area contributed by atoms with Gasteiger partial charge < -0.3 is 8.77 Å². The van der Waals surface area contributed by atoms with Gasteiger partial charge in [-0.1, -0.05) is 24.3 Å². The van der Waals surface area contributed by atoms with Crippen molar-refractivity contribution < 1.29 is 31.5 Å². The van der Waals surface area contributed by atoms with Gasteiger partial charge in [-0.2, -0.15) is 18.3 Å². The highest BCUT2D eigenvalue weighted by Crippen LogP contribution is 2.34. The Hall–Kier alpha value is -2.61. The molecule has 1 aromatic heterocycles. The van der Waals surface area contributed by atoms with E-state index in [4.69, 9.17) is 0 Å². The Kier molecular flexibility index (Phi) is 5.34. The van der Waals surface area contributed by atoms with Crippen LogP contribution in [0.4, 0.5) is 13.2 Å². The summed E-state index contributed by atoms with van der Waals surface area (Å²) in [5, 5.41) is 13.0. The number of carboxylic acid groups (broad SMARTS) is 1. The predicted octanol–water partition coefficient (Wildman–Crippen LogP) is 3.27. The van der Waals surface area contributed by atoms with Crippen molar-refractivity contribution in [2.75, 3.05) is 6.26 Å². The first-order chi connectivity index (χ1) is 13.4. The van der Waals surface area contributed by atoms with Crippen molar-refractivity contribution in [2.45, 2.75) is 11.1 Å². The van der Waals surface area contributed by atoms with Gasteiger partial charge in [-0.25, -0.2) is 13.2 Å². The van der Waals surface area contributed by atoms with Gasteiger partial charge in [-0.05, 0) is 41.0 Å². The van der Waals surface area contributed by atoms with Crippen LogP contribution in [0.2, 0.25) is 0 Å². The smallest absolute Gasteiger partial charge is 0.435 e. The monoisotopic (exact) mass is 436 g/mol. The van der Waals surface area contributed by atoms with E-state index in [-0.39, 0.29) is 27.3 Å². The lowest BCUT2D eigenvalue weighted by atomic mass is 9.96. The maximum atomic E-state index is 12.9. The zero-order valence-electron chi connectivity index (χ0n) is 14.8. The maximum Gasteiger partial charge on any atom is 0.435 e. The van der Waals surface area contributed by atoms with Gasteiger partial charge in [0.1, 0.15) is 0 Å². The number of carbonyl (C=O) groups is 1. The van der Waals surface area contributed by atoms with Crippen molar-refractivity contribution in [1.82, 2.24) is 8.76 Å². The normalized spacial score (nSPS) is 12.1. The van der Waals surface area contributed by atoms with Crippen LogP contribution in [0.1, 0.15) is 16.1 Å². The molecule has 0 aliphatic carbocycles. The van der Waals surface area contributed by atoms with Crippen LogP contribution in [0, 0.1) is 0 Å². The third-order valence-electron chi connectivity index (χ3n) is 4.15. The van der Waals surface area contributed by atoms with Gasteiger partial charge in [0.25, 0.3) is 0 Å². The summed E-state index contributed by atoms with van der Waals surface area (Å²) in [4.78, 5) is 11.8. The van der Waals surface area contributed by atoms with Crippen LogP contribution in [-0.4, -0.2) is 51.0 Å². The van der Waals surface area contributed by atoms with Crippen LogP contribution in [0.3, 0.4) is 0 Å². The molecule has 0 bridgehead atoms. The molecule has 0 unspecified atom stereocenters. The lowest BCUT2D eigenvalue weighted by Gasteiger charge is -2.11. The van der Waals surface area contributed by atoms with Crippen molar-refractivity contribution in [1.29, 1.82) is 0 Å². The molecule has 0 aliphatic heterocycles. The second-order valence-electron chi connectivity index (χ2n) is 6.22. The van der Waals surface area contributed by atoms with Crippen LogP contribution < -0.4 is 0 Å². The lowest BCUT2D eigenvalue weighted by Crippen LogP contribution is -2.07. The van der Waals surface area contributed by atoms with E-state index < -0.39 is 27.7 Å². The molecule has 11 heteroatoms. The predicted molar refractivity (Wildman–Crippen MR) is 99.3 cm³/mol. The number of sulfone groups is 1. The first-order valence-corrected chi connectivity index (χ1v) is 10.4. The standard InChI is InChI=1S/C18H13F3N2O4S.Al/c1-28(26,27)12-4-2-3-10(7-12)13-6-5-11(8-14(13)17(24)25)15-9-16(23-22-15)18(19,20)21;/h2-9H,1H3,(H2,22,23,24,25);/q;+1/p-1. The fourth-order valence-electron chi connectivity index (χ4n) is 2.78. The van der Waals surface area contributed by atoms with Crippen molar-refractivity contribution in [3.05, 3.63) is 59.8 Å². The number of hydrogen-bond acceptors (Lipinski definition) is 4. The van der Waals surface area contributed by atoms with Crippen LogP contribution in [-0.2, 0) is 16.0 Å². The Morgan fingerprint density at radius 1 is 1.10 bits per heavy atom. The zero-order valence-corrected chi connectivity index (χ0v) is 16.8. The van der Waals surface area contributed by atoms with Gasteiger partial charge in [-0.15, -0.1) is 0 Å². The minimum atomic E-state index is -4.64. The number of aromatic carboxylic acids is 1. The number of rotatable bonds is 4. The molecule has 148 valence electrons. The molecule has 3 aromatic rings. The molecule has 2 aromatic carbocycles. The number of hydrogen-bond donors (Lipinski definition) is 1. The molecule has 29 heavy (non-hydrogen) atoms. The summed E-state index contributed by atoms with van der Waals surface area (Å²) in [7, 11) is -3.50. The van der Waals surface area contributed by atoms with Gasteiger partial charge in [0.2, 0.25) is 0 Å². The third kappa shape index (κ3) is 4.37. The van der Waals surface area contributed by atoms with Crippen LogP contribution >= 0.6 is 0 Å². The molecule has 0 atom stereocenters. The molecule has 2 radical (unpaired) electrons. The van der Waals surface area contributed by atoms with Crippen LogP contribution in [0.5, 0.6) is 0 Å². The highest BCUT2D eigenvalue weighted by Gasteiger charge is 2.34. The SMILES string of the molecule is CS(=O)(=O)c1cccc(-c2ccc(-c3cc(C(F)(F)F)n[n]3[Al])cc2C(=O)O)c1. The summed E-state index contributed by atoms with van der Waals surface area (Å²) in [5.41, 5.74) is -0.438. The van der Waals surface area contributed by atoms with Crippen molar-refractivity contribution in [2.24, 2.45) is 0 Å². The Balaban J connectivity index is 2.15. The van der Waals surface area contributed by atoms with Crippen LogP contribution in [0.15, 0.2) is 53.4 Å². The number of halogens is 3. The maximum absolute atomic E-state index is 12.9. The summed E-state index contributed by atoms with van der Waals surface area (Å²) >= 11 is 2.02. The summed E-state index contributed by atoms with van der Waals surface area (Å²) in [5.74, 6) is -1.31. The Morgan fingerprint density at radius 2 is 1.79 bits per heavy atom. The molecule has 1 N–H and O–H groups in total. The fourth-order valence-corrected chi connectivity index (χ4v) is 3.79. The third-order valence-corrected chi connectivity index (χ3v) is 5.65. The number of nitrogens with zero attached hydrogens (tertiary/aromatic N) is 2. The van der Waals surface area contributed by atoms with Crippen molar-refractivity contribution in [3.8, 4) is 22.4 Å². The van der Waals surface area contributed by atoms with Crippen molar-refractivity contribution in [3.63, 3.8) is 0 Å². The number of aromatic nitrogens is 2. The van der Waals surface area contributed by atoms with Gasteiger partial charge in [0, 0.05) is 11.9 Å². The van der Waals surface area contributed by atoms with Crippen molar-refractivity contribution >= 4 is 32.3 Å². The van der Waals surface area contributed by atoms with E-state index in [1.54, 1.807) is 6.07 Å². The fraction of sp³-hybridized carbons (Fsp3) is 0.111. The average Bonchev–Trinajstić information content (AvgIpc) is 3.03. The first-order valence-electron chi connectivity index (χ1n) is 7.98. The minimum absolute atomic E-state index is 0.0215. The summed E-state index contributed by atoms with van der Waals surface area (Å²) in [6.07, 6.45) is -3.61. The summed E-state index contributed by atoms with van der Waals surface area (Å²) in [6.45, 7) is 0. The topological polar surface area (TPSA) is 89.3 Å². The second-order valence-corrected chi connectivity index (χ2v) is 8.73. The highest BCUT2D eigenvalue weighted by atomic mass is 32.2. The minimum Gasteiger partial charge on any atom is -0.478 e. The van der Waals surface area contributed by atoms with E-state index >= 15 is 0 Å². The molecule has 0 aliphatic rings. The molecule has 0 spiro atoms. The van der Waals surface area contributed by atoms with E-state index in [2.05, 4.69) is 5.10 Å². The van der Waals surface area contributed by atoms with Gasteiger partial charge in [0.15, 0.2) is 15.5 Å². The van der Waals surface area contributed by atoms with E-state index in [0.29, 0.717) is 5.56 Å². The number of benzene rings is 2. The number of alkyl halides is 3. The van der Waals surface area contributed by atoms with Crippen LogP contribution in [0.25, 0.3) is 22.4 Å².